The van der Waals surface area contributed by atoms with Crippen LogP contribution >= 0.6 is 11.3 Å². The lowest BCUT2D eigenvalue weighted by atomic mass is 9.96. The van der Waals surface area contributed by atoms with E-state index in [9.17, 15) is 4.79 Å². The summed E-state index contributed by atoms with van der Waals surface area (Å²) in [7, 11) is 1.82. The molecule has 0 radical (unpaired) electrons. The van der Waals surface area contributed by atoms with Gasteiger partial charge in [-0.2, -0.15) is 0 Å². The highest BCUT2D eigenvalue weighted by Crippen LogP contribution is 2.35. The fourth-order valence-corrected chi connectivity index (χ4v) is 3.45. The Morgan fingerprint density at radius 2 is 2.10 bits per heavy atom. The molecule has 2 N–H and O–H groups in total. The van der Waals surface area contributed by atoms with E-state index in [1.54, 1.807) is 11.1 Å². The summed E-state index contributed by atoms with van der Waals surface area (Å²) in [6.07, 6.45) is 1.75. The fourth-order valence-electron chi connectivity index (χ4n) is 2.32. The summed E-state index contributed by atoms with van der Waals surface area (Å²) in [5.74, 6) is -0.0279. The van der Waals surface area contributed by atoms with E-state index in [2.05, 4.69) is 25.8 Å². The van der Waals surface area contributed by atoms with Crippen LogP contribution in [-0.2, 0) is 0 Å². The number of thiophene rings is 1. The number of nitrogen functional groups attached to an aromatic ring is 1. The minimum atomic E-state index is -0.0279. The SMILES string of the molecule is Cc1ccnc2sc(C(=O)N(C)CC(C)(C)C)c(N)c12. The zero-order chi connectivity index (χ0) is 15.1. The fraction of sp³-hybridized carbons (Fsp3) is 0.467. The molecule has 5 heteroatoms. The third-order valence-corrected chi connectivity index (χ3v) is 4.19. The lowest BCUT2D eigenvalue weighted by molar-refractivity contribution is 0.0751. The Bertz CT molecular complexity index is 655. The van der Waals surface area contributed by atoms with E-state index in [1.165, 1.54) is 11.3 Å². The molecule has 0 saturated carbocycles. The number of aromatic nitrogens is 1. The number of nitrogens with zero attached hydrogens (tertiary/aromatic N) is 2. The highest BCUT2D eigenvalue weighted by molar-refractivity contribution is 7.21. The number of hydrogen-bond acceptors (Lipinski definition) is 4. The van der Waals surface area contributed by atoms with Crippen LogP contribution in [0, 0.1) is 12.3 Å². The molecule has 2 rings (SSSR count). The molecule has 2 heterocycles. The summed E-state index contributed by atoms with van der Waals surface area (Å²) < 4.78 is 0. The number of pyridine rings is 1. The first-order chi connectivity index (χ1) is 9.20. The van der Waals surface area contributed by atoms with Crippen LogP contribution in [0.3, 0.4) is 0 Å². The van der Waals surface area contributed by atoms with Gasteiger partial charge in [0, 0.05) is 25.2 Å². The van der Waals surface area contributed by atoms with Gasteiger partial charge < -0.3 is 10.6 Å². The van der Waals surface area contributed by atoms with E-state index >= 15 is 0 Å². The third-order valence-electron chi connectivity index (χ3n) is 3.09. The van der Waals surface area contributed by atoms with Crippen LogP contribution in [0.1, 0.15) is 36.0 Å². The van der Waals surface area contributed by atoms with Crippen LogP contribution in [0.4, 0.5) is 5.69 Å². The number of carbonyl (C=O) groups is 1. The normalized spacial score (nSPS) is 11.8. The van der Waals surface area contributed by atoms with Crippen molar-refractivity contribution in [2.75, 3.05) is 19.3 Å². The van der Waals surface area contributed by atoms with Crippen LogP contribution in [0.25, 0.3) is 10.2 Å². The van der Waals surface area contributed by atoms with Crippen molar-refractivity contribution in [3.05, 3.63) is 22.7 Å². The van der Waals surface area contributed by atoms with E-state index in [4.69, 9.17) is 5.73 Å². The minimum Gasteiger partial charge on any atom is -0.397 e. The zero-order valence-electron chi connectivity index (χ0n) is 12.7. The Morgan fingerprint density at radius 1 is 1.45 bits per heavy atom. The van der Waals surface area contributed by atoms with Gasteiger partial charge in [0.1, 0.15) is 9.71 Å². The second-order valence-electron chi connectivity index (χ2n) is 6.37. The molecule has 0 fully saturated rings. The lowest BCUT2D eigenvalue weighted by Gasteiger charge is -2.26. The van der Waals surface area contributed by atoms with Gasteiger partial charge in [-0.15, -0.1) is 11.3 Å². The van der Waals surface area contributed by atoms with Gasteiger partial charge in [-0.05, 0) is 24.0 Å². The average molecular weight is 291 g/mol. The standard InChI is InChI=1S/C15H21N3OS/c1-9-6-7-17-13-10(9)11(16)12(20-13)14(19)18(5)8-15(2,3)4/h6-7H,8,16H2,1-5H3. The number of rotatable bonds is 2. The first-order valence-electron chi connectivity index (χ1n) is 6.60. The van der Waals surface area contributed by atoms with E-state index in [-0.39, 0.29) is 11.3 Å². The summed E-state index contributed by atoms with van der Waals surface area (Å²) in [6, 6.07) is 1.92. The van der Waals surface area contributed by atoms with Crippen LogP contribution in [0.5, 0.6) is 0 Å². The number of carbonyl (C=O) groups excluding carboxylic acids is 1. The molecule has 4 nitrogen and oxygen atoms in total. The largest absolute Gasteiger partial charge is 0.397 e. The average Bonchev–Trinajstić information content (AvgIpc) is 2.65. The molecule has 0 aliphatic heterocycles. The molecular formula is C15H21N3OS. The molecule has 0 bridgehead atoms. The monoisotopic (exact) mass is 291 g/mol. The van der Waals surface area contributed by atoms with Crippen molar-refractivity contribution in [3.8, 4) is 0 Å². The molecule has 0 aromatic carbocycles. The summed E-state index contributed by atoms with van der Waals surface area (Å²) in [4.78, 5) is 20.0. The van der Waals surface area contributed by atoms with Crippen molar-refractivity contribution in [2.24, 2.45) is 5.41 Å². The van der Waals surface area contributed by atoms with Gasteiger partial charge >= 0.3 is 0 Å². The Hall–Kier alpha value is -1.62. The molecule has 0 unspecified atom stereocenters. The number of fused-ring (bicyclic) bond motifs is 1. The predicted molar refractivity (Wildman–Crippen MR) is 85.2 cm³/mol. The maximum absolute atomic E-state index is 12.6. The number of aryl methyl sites for hydroxylation is 1. The summed E-state index contributed by atoms with van der Waals surface area (Å²) in [5.41, 5.74) is 7.84. The van der Waals surface area contributed by atoms with Gasteiger partial charge in [-0.3, -0.25) is 4.79 Å². The molecular weight excluding hydrogens is 270 g/mol. The zero-order valence-corrected chi connectivity index (χ0v) is 13.5. The molecule has 0 spiro atoms. The smallest absolute Gasteiger partial charge is 0.265 e. The molecule has 2 aromatic rings. The molecule has 0 saturated heterocycles. The molecule has 108 valence electrons. The van der Waals surface area contributed by atoms with Crippen LogP contribution in [0.15, 0.2) is 12.3 Å². The molecule has 20 heavy (non-hydrogen) atoms. The molecule has 0 atom stereocenters. The molecule has 2 aromatic heterocycles. The Balaban J connectivity index is 2.41. The molecule has 0 aliphatic carbocycles. The van der Waals surface area contributed by atoms with Gasteiger partial charge in [0.25, 0.3) is 5.91 Å². The maximum atomic E-state index is 12.6. The van der Waals surface area contributed by atoms with Gasteiger partial charge in [-0.25, -0.2) is 4.98 Å². The first-order valence-corrected chi connectivity index (χ1v) is 7.41. The summed E-state index contributed by atoms with van der Waals surface area (Å²) in [6.45, 7) is 9.00. The molecule has 0 aliphatic rings. The predicted octanol–water partition coefficient (Wildman–Crippen LogP) is 3.31. The summed E-state index contributed by atoms with van der Waals surface area (Å²) >= 11 is 1.37. The Kier molecular flexibility index (Phi) is 3.73. The van der Waals surface area contributed by atoms with Crippen molar-refractivity contribution >= 4 is 33.1 Å². The van der Waals surface area contributed by atoms with Gasteiger partial charge in [-0.1, -0.05) is 20.8 Å². The lowest BCUT2D eigenvalue weighted by Crippen LogP contribution is -2.34. The highest BCUT2D eigenvalue weighted by atomic mass is 32.1. The summed E-state index contributed by atoms with van der Waals surface area (Å²) in [5, 5.41) is 0.907. The van der Waals surface area contributed by atoms with E-state index in [0.717, 1.165) is 15.8 Å². The number of hydrogen-bond donors (Lipinski definition) is 1. The quantitative estimate of drug-likeness (QED) is 0.923. The minimum absolute atomic E-state index is 0.0279. The highest BCUT2D eigenvalue weighted by Gasteiger charge is 2.24. The third kappa shape index (κ3) is 2.77. The Morgan fingerprint density at radius 3 is 2.65 bits per heavy atom. The number of amides is 1. The van der Waals surface area contributed by atoms with Crippen molar-refractivity contribution in [2.45, 2.75) is 27.7 Å². The van der Waals surface area contributed by atoms with Crippen molar-refractivity contribution in [3.63, 3.8) is 0 Å². The van der Waals surface area contributed by atoms with Crippen LogP contribution < -0.4 is 5.73 Å². The second kappa shape index (κ2) is 5.05. The Labute approximate surface area is 123 Å². The van der Waals surface area contributed by atoms with E-state index in [0.29, 0.717) is 17.1 Å². The molecule has 1 amide bonds. The van der Waals surface area contributed by atoms with E-state index in [1.807, 2.05) is 20.0 Å². The van der Waals surface area contributed by atoms with Crippen molar-refractivity contribution in [1.29, 1.82) is 0 Å². The van der Waals surface area contributed by atoms with Gasteiger partial charge in [0.15, 0.2) is 0 Å². The topological polar surface area (TPSA) is 59.2 Å². The number of nitrogens with two attached hydrogens (primary N) is 1. The van der Waals surface area contributed by atoms with Gasteiger partial charge in [0.2, 0.25) is 0 Å². The van der Waals surface area contributed by atoms with Crippen LogP contribution in [0.2, 0.25) is 0 Å². The van der Waals surface area contributed by atoms with E-state index < -0.39 is 0 Å². The van der Waals surface area contributed by atoms with Gasteiger partial charge in [0.05, 0.1) is 5.69 Å². The van der Waals surface area contributed by atoms with Crippen LogP contribution in [-0.4, -0.2) is 29.4 Å². The maximum Gasteiger partial charge on any atom is 0.265 e. The van der Waals surface area contributed by atoms with Crippen molar-refractivity contribution < 1.29 is 4.79 Å². The second-order valence-corrected chi connectivity index (χ2v) is 7.37. The van der Waals surface area contributed by atoms with Crippen molar-refractivity contribution in [1.82, 2.24) is 9.88 Å². The number of anilines is 1. The first kappa shape index (κ1) is 14.8.